The standard InChI is InChI=1S/C12H19N5/c1-9(2)14-12-15-10(3)7-17(12)8-11-13-5-6-16(11)4/h5-7,9H,8H2,1-4H3,(H,14,15). The van der Waals surface area contributed by atoms with Gasteiger partial charge < -0.3 is 14.5 Å². The normalized spacial score (nSPS) is 11.1. The van der Waals surface area contributed by atoms with E-state index in [2.05, 4.69) is 33.7 Å². The number of imidazole rings is 2. The van der Waals surface area contributed by atoms with E-state index >= 15 is 0 Å². The fourth-order valence-electron chi connectivity index (χ4n) is 1.74. The molecule has 0 amide bonds. The lowest BCUT2D eigenvalue weighted by Gasteiger charge is -2.11. The molecule has 0 aliphatic heterocycles. The molecule has 0 atom stereocenters. The third-order valence-electron chi connectivity index (χ3n) is 2.55. The summed E-state index contributed by atoms with van der Waals surface area (Å²) in [5, 5.41) is 3.34. The molecule has 5 nitrogen and oxygen atoms in total. The summed E-state index contributed by atoms with van der Waals surface area (Å²) in [6.07, 6.45) is 5.81. The summed E-state index contributed by atoms with van der Waals surface area (Å²) in [5.74, 6) is 1.93. The van der Waals surface area contributed by atoms with Crippen LogP contribution in [0.25, 0.3) is 0 Å². The fourth-order valence-corrected chi connectivity index (χ4v) is 1.74. The van der Waals surface area contributed by atoms with Crippen molar-refractivity contribution in [2.75, 3.05) is 5.32 Å². The zero-order valence-corrected chi connectivity index (χ0v) is 10.8. The van der Waals surface area contributed by atoms with Gasteiger partial charge in [-0.1, -0.05) is 0 Å². The van der Waals surface area contributed by atoms with E-state index in [9.17, 15) is 0 Å². The highest BCUT2D eigenvalue weighted by Gasteiger charge is 2.09. The van der Waals surface area contributed by atoms with Gasteiger partial charge in [0.25, 0.3) is 0 Å². The summed E-state index contributed by atoms with van der Waals surface area (Å²) in [6, 6.07) is 0.372. The number of aromatic nitrogens is 4. The number of nitrogens with zero attached hydrogens (tertiary/aromatic N) is 4. The third kappa shape index (κ3) is 2.67. The molecule has 2 aromatic rings. The smallest absolute Gasteiger partial charge is 0.203 e. The molecular formula is C12H19N5. The van der Waals surface area contributed by atoms with Crippen LogP contribution in [0.5, 0.6) is 0 Å². The van der Waals surface area contributed by atoms with Crippen LogP contribution in [0.15, 0.2) is 18.6 Å². The summed E-state index contributed by atoms with van der Waals surface area (Å²) in [7, 11) is 2.00. The molecule has 5 heteroatoms. The molecule has 0 aliphatic carbocycles. The summed E-state index contributed by atoms with van der Waals surface area (Å²) < 4.78 is 4.12. The molecular weight excluding hydrogens is 214 g/mol. The summed E-state index contributed by atoms with van der Waals surface area (Å²) in [4.78, 5) is 8.80. The van der Waals surface area contributed by atoms with Crippen LogP contribution in [0, 0.1) is 6.92 Å². The average molecular weight is 233 g/mol. The lowest BCUT2D eigenvalue weighted by molar-refractivity contribution is 0.695. The largest absolute Gasteiger partial charge is 0.353 e. The summed E-state index contributed by atoms with van der Waals surface area (Å²) >= 11 is 0. The van der Waals surface area contributed by atoms with Crippen molar-refractivity contribution in [2.24, 2.45) is 7.05 Å². The quantitative estimate of drug-likeness (QED) is 0.876. The summed E-state index contributed by atoms with van der Waals surface area (Å²) in [5.41, 5.74) is 1.02. The van der Waals surface area contributed by atoms with Crippen LogP contribution in [0.1, 0.15) is 25.4 Å². The van der Waals surface area contributed by atoms with Crippen molar-refractivity contribution in [3.05, 3.63) is 30.1 Å². The molecule has 2 rings (SSSR count). The second-order valence-corrected chi connectivity index (χ2v) is 4.59. The van der Waals surface area contributed by atoms with Crippen molar-refractivity contribution in [1.82, 2.24) is 19.1 Å². The van der Waals surface area contributed by atoms with Gasteiger partial charge >= 0.3 is 0 Å². The Labute approximate surface area is 102 Å². The molecule has 92 valence electrons. The second-order valence-electron chi connectivity index (χ2n) is 4.59. The van der Waals surface area contributed by atoms with Crippen LogP contribution >= 0.6 is 0 Å². The SMILES string of the molecule is Cc1cn(Cc2nccn2C)c(NC(C)C)n1. The van der Waals surface area contributed by atoms with Gasteiger partial charge in [0.05, 0.1) is 12.2 Å². The second kappa shape index (κ2) is 4.61. The molecule has 17 heavy (non-hydrogen) atoms. The molecule has 0 bridgehead atoms. The molecule has 2 heterocycles. The first-order valence-electron chi connectivity index (χ1n) is 5.83. The van der Waals surface area contributed by atoms with Crippen molar-refractivity contribution in [2.45, 2.75) is 33.4 Å². The van der Waals surface area contributed by atoms with Crippen molar-refractivity contribution in [3.63, 3.8) is 0 Å². The van der Waals surface area contributed by atoms with E-state index in [-0.39, 0.29) is 0 Å². The first kappa shape index (κ1) is 11.7. The van der Waals surface area contributed by atoms with E-state index in [4.69, 9.17) is 0 Å². The number of rotatable bonds is 4. The Hall–Kier alpha value is -1.78. The van der Waals surface area contributed by atoms with Crippen LogP contribution in [0.2, 0.25) is 0 Å². The minimum Gasteiger partial charge on any atom is -0.353 e. The van der Waals surface area contributed by atoms with E-state index in [1.807, 2.05) is 37.1 Å². The monoisotopic (exact) mass is 233 g/mol. The first-order chi connectivity index (χ1) is 8.06. The van der Waals surface area contributed by atoms with Crippen molar-refractivity contribution < 1.29 is 0 Å². The van der Waals surface area contributed by atoms with Crippen LogP contribution in [-0.2, 0) is 13.6 Å². The Morgan fingerprint density at radius 1 is 1.41 bits per heavy atom. The van der Waals surface area contributed by atoms with Gasteiger partial charge in [0, 0.05) is 31.7 Å². The van der Waals surface area contributed by atoms with E-state index in [1.165, 1.54) is 0 Å². The number of aryl methyl sites for hydroxylation is 2. The van der Waals surface area contributed by atoms with E-state index < -0.39 is 0 Å². The number of hydrogen-bond donors (Lipinski definition) is 1. The molecule has 2 aromatic heterocycles. The van der Waals surface area contributed by atoms with Gasteiger partial charge in [0.15, 0.2) is 0 Å². The molecule has 0 aromatic carbocycles. The van der Waals surface area contributed by atoms with Crippen molar-refractivity contribution >= 4 is 5.95 Å². The topological polar surface area (TPSA) is 47.7 Å². The fraction of sp³-hybridized carbons (Fsp3) is 0.500. The van der Waals surface area contributed by atoms with Gasteiger partial charge in [-0.3, -0.25) is 0 Å². The van der Waals surface area contributed by atoms with E-state index in [0.29, 0.717) is 6.04 Å². The highest BCUT2D eigenvalue weighted by molar-refractivity contribution is 5.30. The van der Waals surface area contributed by atoms with Crippen LogP contribution < -0.4 is 5.32 Å². The van der Waals surface area contributed by atoms with E-state index in [1.54, 1.807) is 0 Å². The predicted octanol–water partition coefficient (Wildman–Crippen LogP) is 1.79. The van der Waals surface area contributed by atoms with Crippen molar-refractivity contribution in [1.29, 1.82) is 0 Å². The van der Waals surface area contributed by atoms with Gasteiger partial charge in [0.2, 0.25) is 5.95 Å². The Balaban J connectivity index is 2.23. The molecule has 1 N–H and O–H groups in total. The van der Waals surface area contributed by atoms with Gasteiger partial charge in [-0.15, -0.1) is 0 Å². The molecule has 0 radical (unpaired) electrons. The molecule has 0 spiro atoms. The molecule has 0 aliphatic rings. The van der Waals surface area contributed by atoms with Crippen LogP contribution in [0.3, 0.4) is 0 Å². The lowest BCUT2D eigenvalue weighted by atomic mass is 10.4. The number of hydrogen-bond acceptors (Lipinski definition) is 3. The van der Waals surface area contributed by atoms with Crippen LogP contribution in [0.4, 0.5) is 5.95 Å². The average Bonchev–Trinajstić information content (AvgIpc) is 2.75. The molecule has 0 fully saturated rings. The molecule has 0 saturated heterocycles. The Morgan fingerprint density at radius 3 is 2.76 bits per heavy atom. The highest BCUT2D eigenvalue weighted by Crippen LogP contribution is 2.11. The zero-order valence-electron chi connectivity index (χ0n) is 10.8. The van der Waals surface area contributed by atoms with Gasteiger partial charge in [0.1, 0.15) is 5.82 Å². The van der Waals surface area contributed by atoms with Crippen molar-refractivity contribution in [3.8, 4) is 0 Å². The Kier molecular flexibility index (Phi) is 3.17. The highest BCUT2D eigenvalue weighted by atomic mass is 15.2. The van der Waals surface area contributed by atoms with Gasteiger partial charge in [-0.05, 0) is 20.8 Å². The molecule has 0 saturated carbocycles. The van der Waals surface area contributed by atoms with E-state index in [0.717, 1.165) is 24.0 Å². The number of nitrogens with one attached hydrogen (secondary N) is 1. The first-order valence-corrected chi connectivity index (χ1v) is 5.83. The minimum absolute atomic E-state index is 0.372. The van der Waals surface area contributed by atoms with Gasteiger partial charge in [-0.25, -0.2) is 9.97 Å². The van der Waals surface area contributed by atoms with Crippen LogP contribution in [-0.4, -0.2) is 25.1 Å². The Bertz CT molecular complexity index is 495. The minimum atomic E-state index is 0.372. The summed E-state index contributed by atoms with van der Waals surface area (Å²) in [6.45, 7) is 6.95. The number of anilines is 1. The maximum Gasteiger partial charge on any atom is 0.203 e. The maximum absolute atomic E-state index is 4.48. The predicted molar refractivity (Wildman–Crippen MR) is 68.0 cm³/mol. The molecule has 0 unspecified atom stereocenters. The maximum atomic E-state index is 4.48. The lowest BCUT2D eigenvalue weighted by Crippen LogP contribution is -2.15. The third-order valence-corrected chi connectivity index (χ3v) is 2.55. The Morgan fingerprint density at radius 2 is 2.18 bits per heavy atom. The van der Waals surface area contributed by atoms with Gasteiger partial charge in [-0.2, -0.15) is 0 Å². The zero-order chi connectivity index (χ0) is 12.4.